The third-order valence-corrected chi connectivity index (χ3v) is 3.80. The Labute approximate surface area is 121 Å². The summed E-state index contributed by atoms with van der Waals surface area (Å²) in [4.78, 5) is 0. The largest absolute Gasteiger partial charge is 0.493 e. The number of fused-ring (bicyclic) bond motifs is 2. The molecule has 0 bridgehead atoms. The minimum atomic E-state index is 0.589. The van der Waals surface area contributed by atoms with E-state index in [4.69, 9.17) is 27.9 Å². The van der Waals surface area contributed by atoms with E-state index in [1.807, 2.05) is 43.3 Å². The first-order chi connectivity index (χ1) is 9.22. The van der Waals surface area contributed by atoms with Crippen LogP contribution in [0.1, 0.15) is 6.92 Å². The van der Waals surface area contributed by atoms with Crippen molar-refractivity contribution in [3.05, 3.63) is 52.5 Å². The first kappa shape index (κ1) is 12.6. The molecule has 19 heavy (non-hydrogen) atoms. The number of halogens is 2. The summed E-state index contributed by atoms with van der Waals surface area (Å²) in [6.45, 7) is 2.55. The van der Waals surface area contributed by atoms with Crippen LogP contribution in [0.2, 0.25) is 10.0 Å². The third kappa shape index (κ3) is 2.03. The molecule has 0 heterocycles. The van der Waals surface area contributed by atoms with Crippen LogP contribution < -0.4 is 4.74 Å². The van der Waals surface area contributed by atoms with Crippen molar-refractivity contribution in [1.82, 2.24) is 0 Å². The molecule has 0 aliphatic carbocycles. The van der Waals surface area contributed by atoms with Crippen LogP contribution in [-0.2, 0) is 0 Å². The van der Waals surface area contributed by atoms with Gasteiger partial charge in [0.1, 0.15) is 5.75 Å². The van der Waals surface area contributed by atoms with Crippen LogP contribution in [0.4, 0.5) is 0 Å². The summed E-state index contributed by atoms with van der Waals surface area (Å²) in [6, 6.07) is 13.7. The fourth-order valence-corrected chi connectivity index (χ4v) is 2.86. The SMILES string of the molecule is CCOc1c2cccc(Cl)c2cc2cccc(Cl)c12. The quantitative estimate of drug-likeness (QED) is 0.550. The van der Waals surface area contributed by atoms with Crippen molar-refractivity contribution in [3.63, 3.8) is 0 Å². The highest BCUT2D eigenvalue weighted by molar-refractivity contribution is 6.39. The van der Waals surface area contributed by atoms with Gasteiger partial charge in [-0.1, -0.05) is 47.5 Å². The topological polar surface area (TPSA) is 9.23 Å². The van der Waals surface area contributed by atoms with Gasteiger partial charge in [-0.05, 0) is 30.5 Å². The van der Waals surface area contributed by atoms with Crippen molar-refractivity contribution in [2.45, 2.75) is 6.92 Å². The van der Waals surface area contributed by atoms with Crippen LogP contribution in [0.5, 0.6) is 5.75 Å². The Kier molecular flexibility index (Phi) is 3.26. The molecule has 3 aromatic rings. The zero-order chi connectivity index (χ0) is 13.4. The van der Waals surface area contributed by atoms with Crippen molar-refractivity contribution in [2.75, 3.05) is 6.61 Å². The number of hydrogen-bond donors (Lipinski definition) is 0. The van der Waals surface area contributed by atoms with E-state index in [-0.39, 0.29) is 0 Å². The molecule has 0 spiro atoms. The molecule has 0 aromatic heterocycles. The summed E-state index contributed by atoms with van der Waals surface area (Å²) in [6.07, 6.45) is 0. The van der Waals surface area contributed by atoms with E-state index in [2.05, 4.69) is 6.07 Å². The normalized spacial score (nSPS) is 11.1. The second-order valence-corrected chi connectivity index (χ2v) is 5.13. The highest BCUT2D eigenvalue weighted by Crippen LogP contribution is 2.40. The molecular formula is C16H12Cl2O. The molecule has 0 aliphatic heterocycles. The van der Waals surface area contributed by atoms with E-state index < -0.39 is 0 Å². The minimum Gasteiger partial charge on any atom is -0.493 e. The van der Waals surface area contributed by atoms with Crippen molar-refractivity contribution in [1.29, 1.82) is 0 Å². The summed E-state index contributed by atoms with van der Waals surface area (Å²) >= 11 is 12.6. The highest BCUT2D eigenvalue weighted by Gasteiger charge is 2.12. The number of rotatable bonds is 2. The maximum atomic E-state index is 6.33. The first-order valence-corrected chi connectivity index (χ1v) is 6.90. The smallest absolute Gasteiger partial charge is 0.136 e. The Bertz CT molecular complexity index is 765. The van der Waals surface area contributed by atoms with Crippen LogP contribution in [0.25, 0.3) is 21.5 Å². The van der Waals surface area contributed by atoms with Crippen molar-refractivity contribution < 1.29 is 4.74 Å². The summed E-state index contributed by atoms with van der Waals surface area (Å²) in [7, 11) is 0. The molecule has 0 saturated carbocycles. The average Bonchev–Trinajstić information content (AvgIpc) is 2.40. The van der Waals surface area contributed by atoms with Gasteiger partial charge in [-0.25, -0.2) is 0 Å². The predicted octanol–water partition coefficient (Wildman–Crippen LogP) is 5.70. The lowest BCUT2D eigenvalue weighted by molar-refractivity contribution is 0.348. The van der Waals surface area contributed by atoms with Gasteiger partial charge in [0.15, 0.2) is 0 Å². The second-order valence-electron chi connectivity index (χ2n) is 4.31. The van der Waals surface area contributed by atoms with E-state index >= 15 is 0 Å². The molecule has 0 unspecified atom stereocenters. The predicted molar refractivity (Wildman–Crippen MR) is 82.6 cm³/mol. The molecule has 0 N–H and O–H groups in total. The van der Waals surface area contributed by atoms with E-state index in [1.165, 1.54) is 0 Å². The molecule has 0 aliphatic rings. The van der Waals surface area contributed by atoms with E-state index in [0.29, 0.717) is 11.6 Å². The molecule has 0 fully saturated rings. The highest BCUT2D eigenvalue weighted by atomic mass is 35.5. The monoisotopic (exact) mass is 290 g/mol. The molecule has 96 valence electrons. The van der Waals surface area contributed by atoms with Crippen LogP contribution >= 0.6 is 23.2 Å². The summed E-state index contributed by atoms with van der Waals surface area (Å²) in [5, 5.41) is 5.39. The Balaban J connectivity index is 2.54. The molecular weight excluding hydrogens is 279 g/mol. The minimum absolute atomic E-state index is 0.589. The van der Waals surface area contributed by atoms with Crippen LogP contribution in [0.15, 0.2) is 42.5 Å². The van der Waals surface area contributed by atoms with Crippen LogP contribution in [-0.4, -0.2) is 6.61 Å². The Morgan fingerprint density at radius 2 is 1.68 bits per heavy atom. The molecule has 0 atom stereocenters. The standard InChI is InChI=1S/C16H12Cl2O/c1-2-19-16-11-6-4-7-13(17)12(11)9-10-5-3-8-14(18)15(10)16/h3-9H,2H2,1H3. The van der Waals surface area contributed by atoms with Gasteiger partial charge in [-0.2, -0.15) is 0 Å². The number of ether oxygens (including phenoxy) is 1. The molecule has 0 saturated heterocycles. The lowest BCUT2D eigenvalue weighted by Crippen LogP contribution is -1.94. The zero-order valence-corrected chi connectivity index (χ0v) is 11.9. The van der Waals surface area contributed by atoms with Crippen molar-refractivity contribution in [3.8, 4) is 5.75 Å². The van der Waals surface area contributed by atoms with Gasteiger partial charge in [0, 0.05) is 21.2 Å². The van der Waals surface area contributed by atoms with Crippen LogP contribution in [0.3, 0.4) is 0 Å². The lowest BCUT2D eigenvalue weighted by Gasteiger charge is -2.13. The summed E-state index contributed by atoms with van der Waals surface area (Å²) < 4.78 is 5.83. The molecule has 0 radical (unpaired) electrons. The maximum Gasteiger partial charge on any atom is 0.136 e. The van der Waals surface area contributed by atoms with E-state index in [9.17, 15) is 0 Å². The van der Waals surface area contributed by atoms with Gasteiger partial charge in [0.25, 0.3) is 0 Å². The number of hydrogen-bond acceptors (Lipinski definition) is 1. The van der Waals surface area contributed by atoms with Crippen LogP contribution in [0, 0.1) is 0 Å². The molecule has 1 nitrogen and oxygen atoms in total. The van der Waals surface area contributed by atoms with Crippen molar-refractivity contribution >= 4 is 44.7 Å². The Hall–Kier alpha value is -1.44. The van der Waals surface area contributed by atoms with Crippen molar-refractivity contribution in [2.24, 2.45) is 0 Å². The van der Waals surface area contributed by atoms with Gasteiger partial charge in [0.2, 0.25) is 0 Å². The molecule has 3 heteroatoms. The summed E-state index contributed by atoms with van der Waals surface area (Å²) in [5.74, 6) is 0.808. The maximum absolute atomic E-state index is 6.33. The fraction of sp³-hybridized carbons (Fsp3) is 0.125. The van der Waals surface area contributed by atoms with Gasteiger partial charge >= 0.3 is 0 Å². The van der Waals surface area contributed by atoms with E-state index in [0.717, 1.165) is 32.3 Å². The number of benzene rings is 3. The van der Waals surface area contributed by atoms with Gasteiger partial charge in [-0.15, -0.1) is 0 Å². The third-order valence-electron chi connectivity index (χ3n) is 3.16. The lowest BCUT2D eigenvalue weighted by atomic mass is 10.0. The van der Waals surface area contributed by atoms with Gasteiger partial charge in [0.05, 0.1) is 11.6 Å². The fourth-order valence-electron chi connectivity index (χ4n) is 2.37. The Morgan fingerprint density at radius 3 is 2.47 bits per heavy atom. The second kappa shape index (κ2) is 4.92. The Morgan fingerprint density at radius 1 is 0.947 bits per heavy atom. The molecule has 0 amide bonds. The molecule has 3 aromatic carbocycles. The van der Waals surface area contributed by atoms with Gasteiger partial charge in [-0.3, -0.25) is 0 Å². The zero-order valence-electron chi connectivity index (χ0n) is 10.4. The summed E-state index contributed by atoms with van der Waals surface area (Å²) in [5.41, 5.74) is 0. The average molecular weight is 291 g/mol. The van der Waals surface area contributed by atoms with E-state index in [1.54, 1.807) is 0 Å². The molecule has 3 rings (SSSR count). The first-order valence-electron chi connectivity index (χ1n) is 6.14. The van der Waals surface area contributed by atoms with Gasteiger partial charge < -0.3 is 4.74 Å².